The molecule has 0 unspecified atom stereocenters. The van der Waals surface area contributed by atoms with E-state index in [1.54, 1.807) is 6.92 Å². The molecule has 1 fully saturated rings. The van der Waals surface area contributed by atoms with Crippen molar-refractivity contribution < 1.29 is 5.11 Å². The van der Waals surface area contributed by atoms with Crippen LogP contribution < -0.4 is 0 Å². The van der Waals surface area contributed by atoms with Gasteiger partial charge in [-0.2, -0.15) is 0 Å². The summed E-state index contributed by atoms with van der Waals surface area (Å²) in [7, 11) is 0. The zero-order chi connectivity index (χ0) is 13.5. The van der Waals surface area contributed by atoms with Crippen molar-refractivity contribution >= 4 is 0 Å². The summed E-state index contributed by atoms with van der Waals surface area (Å²) in [6.45, 7) is 4.77. The average molecular weight is 258 g/mol. The molecule has 1 aromatic heterocycles. The smallest absolute Gasteiger partial charge is 0.0621 e. The number of piperidine rings is 1. The van der Waals surface area contributed by atoms with E-state index in [2.05, 4.69) is 27.8 Å². The molecule has 19 heavy (non-hydrogen) atoms. The monoisotopic (exact) mass is 258 g/mol. The van der Waals surface area contributed by atoms with Crippen molar-refractivity contribution in [1.82, 2.24) is 9.88 Å². The first-order valence-electron chi connectivity index (χ1n) is 7.02. The van der Waals surface area contributed by atoms with Gasteiger partial charge in [0.15, 0.2) is 0 Å². The number of hydrogen-bond donors (Lipinski definition) is 1. The molecule has 1 aromatic rings. The highest BCUT2D eigenvalue weighted by molar-refractivity contribution is 5.16. The van der Waals surface area contributed by atoms with E-state index in [4.69, 9.17) is 5.11 Å². The second-order valence-electron chi connectivity index (χ2n) is 5.27. The van der Waals surface area contributed by atoms with Gasteiger partial charge >= 0.3 is 0 Å². The van der Waals surface area contributed by atoms with Crippen molar-refractivity contribution in [3.63, 3.8) is 0 Å². The third-order valence-corrected chi connectivity index (χ3v) is 3.49. The molecular weight excluding hydrogens is 236 g/mol. The predicted octanol–water partition coefficient (Wildman–Crippen LogP) is 2.04. The summed E-state index contributed by atoms with van der Waals surface area (Å²) in [5.74, 6) is 6.78. The standard InChI is InChI=1S/C16H22N2O/c1-14(19)6-2-3-10-18-11-5-8-16(13-18)15-7-4-9-17-12-15/h4,7,9,12,14,16,19H,5-6,8,10-11,13H2,1H3/t14-,16-/m0/s1. The summed E-state index contributed by atoms with van der Waals surface area (Å²) in [5, 5.41) is 9.16. The van der Waals surface area contributed by atoms with Crippen molar-refractivity contribution in [2.45, 2.75) is 38.2 Å². The third kappa shape index (κ3) is 4.66. The molecule has 2 heterocycles. The zero-order valence-electron chi connectivity index (χ0n) is 11.5. The molecule has 1 aliphatic rings. The molecule has 1 saturated heterocycles. The minimum atomic E-state index is -0.322. The molecule has 3 nitrogen and oxygen atoms in total. The molecule has 0 saturated carbocycles. The lowest BCUT2D eigenvalue weighted by molar-refractivity contribution is 0.200. The van der Waals surface area contributed by atoms with Crippen molar-refractivity contribution in [3.8, 4) is 11.8 Å². The van der Waals surface area contributed by atoms with Crippen LogP contribution >= 0.6 is 0 Å². The Balaban J connectivity index is 1.85. The molecule has 0 radical (unpaired) electrons. The number of nitrogens with zero attached hydrogens (tertiary/aromatic N) is 2. The molecule has 0 spiro atoms. The van der Waals surface area contributed by atoms with Crippen LogP contribution in [0.1, 0.15) is 37.7 Å². The van der Waals surface area contributed by atoms with Gasteiger partial charge in [-0.25, -0.2) is 0 Å². The van der Waals surface area contributed by atoms with Gasteiger partial charge in [0.25, 0.3) is 0 Å². The number of likely N-dealkylation sites (tertiary alicyclic amines) is 1. The van der Waals surface area contributed by atoms with Gasteiger partial charge in [-0.1, -0.05) is 17.9 Å². The maximum atomic E-state index is 9.16. The van der Waals surface area contributed by atoms with Crippen molar-refractivity contribution in [2.75, 3.05) is 19.6 Å². The Kier molecular flexibility index (Phi) is 5.38. The van der Waals surface area contributed by atoms with Crippen LogP contribution in [0.3, 0.4) is 0 Å². The van der Waals surface area contributed by atoms with E-state index in [-0.39, 0.29) is 6.10 Å². The summed E-state index contributed by atoms with van der Waals surface area (Å²) in [5.41, 5.74) is 1.34. The van der Waals surface area contributed by atoms with Gasteiger partial charge < -0.3 is 5.11 Å². The van der Waals surface area contributed by atoms with E-state index >= 15 is 0 Å². The van der Waals surface area contributed by atoms with Gasteiger partial charge in [0, 0.05) is 25.4 Å². The Hall–Kier alpha value is -1.37. The van der Waals surface area contributed by atoms with Crippen molar-refractivity contribution in [3.05, 3.63) is 30.1 Å². The van der Waals surface area contributed by atoms with Crippen molar-refractivity contribution in [1.29, 1.82) is 0 Å². The molecule has 3 heteroatoms. The summed E-state index contributed by atoms with van der Waals surface area (Å²) in [6.07, 6.45) is 6.51. The number of pyridine rings is 1. The Labute approximate surface area is 115 Å². The van der Waals surface area contributed by atoms with Gasteiger partial charge in [0.2, 0.25) is 0 Å². The Morgan fingerprint density at radius 3 is 3.16 bits per heavy atom. The molecular formula is C16H22N2O. The molecule has 0 aliphatic carbocycles. The van der Waals surface area contributed by atoms with E-state index in [0.29, 0.717) is 12.3 Å². The van der Waals surface area contributed by atoms with E-state index < -0.39 is 0 Å². The Bertz CT molecular complexity index is 433. The topological polar surface area (TPSA) is 36.4 Å². The van der Waals surface area contributed by atoms with Crippen LogP contribution in [-0.4, -0.2) is 40.7 Å². The Morgan fingerprint density at radius 1 is 1.53 bits per heavy atom. The maximum absolute atomic E-state index is 9.16. The summed E-state index contributed by atoms with van der Waals surface area (Å²) in [6, 6.07) is 4.18. The largest absolute Gasteiger partial charge is 0.392 e. The normalized spacial score (nSPS) is 21.5. The van der Waals surface area contributed by atoms with Gasteiger partial charge in [-0.05, 0) is 43.9 Å². The van der Waals surface area contributed by atoms with Crippen LogP contribution in [-0.2, 0) is 0 Å². The second-order valence-corrected chi connectivity index (χ2v) is 5.27. The maximum Gasteiger partial charge on any atom is 0.0621 e. The van der Waals surface area contributed by atoms with Crippen LogP contribution in [0.5, 0.6) is 0 Å². The fourth-order valence-corrected chi connectivity index (χ4v) is 2.48. The fraction of sp³-hybridized carbons (Fsp3) is 0.562. The first-order chi connectivity index (χ1) is 9.25. The van der Waals surface area contributed by atoms with E-state index in [9.17, 15) is 0 Å². The first-order valence-corrected chi connectivity index (χ1v) is 7.02. The predicted molar refractivity (Wildman–Crippen MR) is 76.7 cm³/mol. The van der Waals surface area contributed by atoms with E-state index in [1.165, 1.54) is 18.4 Å². The molecule has 0 aromatic carbocycles. The number of aromatic nitrogens is 1. The van der Waals surface area contributed by atoms with Crippen molar-refractivity contribution in [2.24, 2.45) is 0 Å². The van der Waals surface area contributed by atoms with Gasteiger partial charge in [0.05, 0.1) is 12.6 Å². The molecule has 2 rings (SSSR count). The fourth-order valence-electron chi connectivity index (χ4n) is 2.48. The van der Waals surface area contributed by atoms with Crippen LogP contribution in [0.25, 0.3) is 0 Å². The zero-order valence-corrected chi connectivity index (χ0v) is 11.5. The SMILES string of the molecule is C[C@H](O)CC#CCN1CCC[C@H](c2cccnc2)C1. The Morgan fingerprint density at radius 2 is 2.42 bits per heavy atom. The third-order valence-electron chi connectivity index (χ3n) is 3.49. The lowest BCUT2D eigenvalue weighted by Gasteiger charge is -2.31. The van der Waals surface area contributed by atoms with E-state index in [1.807, 2.05) is 18.5 Å². The van der Waals surface area contributed by atoms with Crippen LogP contribution in [0.15, 0.2) is 24.5 Å². The van der Waals surface area contributed by atoms with Crippen LogP contribution in [0.2, 0.25) is 0 Å². The first kappa shape index (κ1) is 14.0. The highest BCUT2D eigenvalue weighted by Gasteiger charge is 2.20. The lowest BCUT2D eigenvalue weighted by Crippen LogP contribution is -2.34. The number of aliphatic hydroxyl groups excluding tert-OH is 1. The molecule has 102 valence electrons. The minimum absolute atomic E-state index is 0.322. The second kappa shape index (κ2) is 7.28. The van der Waals surface area contributed by atoms with Gasteiger partial charge in [-0.15, -0.1) is 0 Å². The summed E-state index contributed by atoms with van der Waals surface area (Å²) >= 11 is 0. The molecule has 2 atom stereocenters. The summed E-state index contributed by atoms with van der Waals surface area (Å²) < 4.78 is 0. The summed E-state index contributed by atoms with van der Waals surface area (Å²) in [4.78, 5) is 6.60. The highest BCUT2D eigenvalue weighted by atomic mass is 16.3. The highest BCUT2D eigenvalue weighted by Crippen LogP contribution is 2.25. The van der Waals surface area contributed by atoms with Gasteiger partial charge in [0.1, 0.15) is 0 Å². The number of aliphatic hydroxyl groups is 1. The average Bonchev–Trinajstić information content (AvgIpc) is 2.45. The van der Waals surface area contributed by atoms with E-state index in [0.717, 1.165) is 19.6 Å². The minimum Gasteiger partial charge on any atom is -0.392 e. The molecule has 1 aliphatic heterocycles. The number of rotatable bonds is 3. The molecule has 0 bridgehead atoms. The lowest BCUT2D eigenvalue weighted by atomic mass is 9.92. The van der Waals surface area contributed by atoms with Gasteiger partial charge in [-0.3, -0.25) is 9.88 Å². The van der Waals surface area contributed by atoms with Crippen LogP contribution in [0, 0.1) is 11.8 Å². The number of hydrogen-bond acceptors (Lipinski definition) is 3. The quantitative estimate of drug-likeness (QED) is 0.843. The molecule has 0 amide bonds. The van der Waals surface area contributed by atoms with Crippen LogP contribution in [0.4, 0.5) is 0 Å². The molecule has 1 N–H and O–H groups in total.